The van der Waals surface area contributed by atoms with Crippen molar-refractivity contribution in [2.24, 2.45) is 5.73 Å². The zero-order valence-electron chi connectivity index (χ0n) is 11.8. The van der Waals surface area contributed by atoms with Gasteiger partial charge in [0.15, 0.2) is 0 Å². The monoisotopic (exact) mass is 290 g/mol. The van der Waals surface area contributed by atoms with Crippen LogP contribution in [0.25, 0.3) is 0 Å². The Morgan fingerprint density at radius 1 is 1.24 bits per heavy atom. The molecule has 0 fully saturated rings. The molecule has 0 spiro atoms. The van der Waals surface area contributed by atoms with Crippen LogP contribution in [0.2, 0.25) is 0 Å². The predicted octanol–water partition coefficient (Wildman–Crippen LogP) is 0.477. The molecule has 1 aliphatic heterocycles. The molecule has 0 aliphatic carbocycles. The molecule has 0 radical (unpaired) electrons. The van der Waals surface area contributed by atoms with Crippen LogP contribution >= 0.6 is 0 Å². The Morgan fingerprint density at radius 2 is 1.90 bits per heavy atom. The predicted molar refractivity (Wildman–Crippen MR) is 75.9 cm³/mol. The van der Waals surface area contributed by atoms with Crippen LogP contribution in [-0.2, 0) is 25.5 Å². The van der Waals surface area contributed by atoms with Crippen LogP contribution in [0.5, 0.6) is 0 Å². The van der Waals surface area contributed by atoms with Crippen molar-refractivity contribution in [1.29, 1.82) is 0 Å². The molecule has 112 valence electrons. The molecule has 0 unspecified atom stereocenters. The van der Waals surface area contributed by atoms with Crippen LogP contribution < -0.4 is 11.1 Å². The van der Waals surface area contributed by atoms with Crippen molar-refractivity contribution in [2.75, 3.05) is 13.2 Å². The number of ether oxygens (including phenoxy) is 2. The maximum absolute atomic E-state index is 12.1. The lowest BCUT2D eigenvalue weighted by Crippen LogP contribution is -2.47. The quantitative estimate of drug-likeness (QED) is 0.825. The first-order valence-corrected chi connectivity index (χ1v) is 6.68. The van der Waals surface area contributed by atoms with Gasteiger partial charge in [-0.2, -0.15) is 0 Å². The average molecular weight is 290 g/mol. The molecule has 21 heavy (non-hydrogen) atoms. The van der Waals surface area contributed by atoms with Gasteiger partial charge in [-0.15, -0.1) is 0 Å². The van der Waals surface area contributed by atoms with Crippen LogP contribution in [-0.4, -0.2) is 31.1 Å². The van der Waals surface area contributed by atoms with Gasteiger partial charge in [0.2, 0.25) is 11.7 Å². The van der Waals surface area contributed by atoms with Crippen molar-refractivity contribution in [3.63, 3.8) is 0 Å². The summed E-state index contributed by atoms with van der Waals surface area (Å²) in [4.78, 5) is 23.7. The van der Waals surface area contributed by atoms with Crippen LogP contribution in [0.3, 0.4) is 0 Å². The lowest BCUT2D eigenvalue weighted by atomic mass is 10.1. The summed E-state index contributed by atoms with van der Waals surface area (Å²) in [5, 5.41) is 2.59. The van der Waals surface area contributed by atoms with E-state index >= 15 is 0 Å². The lowest BCUT2D eigenvalue weighted by Gasteiger charge is -2.21. The summed E-state index contributed by atoms with van der Waals surface area (Å²) in [6.07, 6.45) is 0.328. The molecule has 2 rings (SSSR count). The number of primary amides is 1. The highest BCUT2D eigenvalue weighted by molar-refractivity contribution is 5.95. The van der Waals surface area contributed by atoms with Crippen molar-refractivity contribution in [3.05, 3.63) is 47.4 Å². The van der Waals surface area contributed by atoms with Gasteiger partial charge in [0, 0.05) is 6.42 Å². The molecule has 1 aromatic rings. The Hall–Kier alpha value is -2.50. The molecule has 0 saturated carbocycles. The highest BCUT2D eigenvalue weighted by Gasteiger charge is 2.25. The van der Waals surface area contributed by atoms with E-state index in [4.69, 9.17) is 15.2 Å². The van der Waals surface area contributed by atoms with Crippen molar-refractivity contribution < 1.29 is 19.1 Å². The fourth-order valence-electron chi connectivity index (χ4n) is 2.03. The average Bonchev–Trinajstić information content (AvgIpc) is 2.48. The Kier molecular flexibility index (Phi) is 4.81. The first-order chi connectivity index (χ1) is 10.1. The van der Waals surface area contributed by atoms with E-state index in [0.29, 0.717) is 25.4 Å². The number of hydrogen-bond acceptors (Lipinski definition) is 4. The van der Waals surface area contributed by atoms with E-state index in [0.717, 1.165) is 5.56 Å². The molecule has 1 heterocycles. The van der Waals surface area contributed by atoms with Crippen LogP contribution in [0.15, 0.2) is 41.9 Å². The summed E-state index contributed by atoms with van der Waals surface area (Å²) in [6.45, 7) is 2.36. The highest BCUT2D eigenvalue weighted by atomic mass is 16.6. The molecule has 6 nitrogen and oxygen atoms in total. The van der Waals surface area contributed by atoms with E-state index < -0.39 is 17.9 Å². The number of allylic oxidation sites excluding steroid dienone is 1. The third-order valence-corrected chi connectivity index (χ3v) is 3.11. The second-order valence-corrected chi connectivity index (χ2v) is 4.70. The number of rotatable bonds is 5. The second kappa shape index (κ2) is 6.78. The van der Waals surface area contributed by atoms with Gasteiger partial charge in [0.1, 0.15) is 25.0 Å². The topological polar surface area (TPSA) is 90.7 Å². The molecule has 3 N–H and O–H groups in total. The van der Waals surface area contributed by atoms with Crippen molar-refractivity contribution in [1.82, 2.24) is 5.32 Å². The molecule has 1 atom stereocenters. The van der Waals surface area contributed by atoms with E-state index in [1.165, 1.54) is 0 Å². The van der Waals surface area contributed by atoms with Gasteiger partial charge in [0.25, 0.3) is 5.91 Å². The fraction of sp³-hybridized carbons (Fsp3) is 0.333. The minimum absolute atomic E-state index is 0.0977. The Labute approximate surface area is 122 Å². The fourth-order valence-corrected chi connectivity index (χ4v) is 2.03. The molecule has 0 bridgehead atoms. The minimum Gasteiger partial charge on any atom is -0.491 e. The maximum atomic E-state index is 12.1. The van der Waals surface area contributed by atoms with Crippen LogP contribution in [0.1, 0.15) is 12.5 Å². The molecule has 1 aliphatic rings. The Balaban J connectivity index is 2.06. The van der Waals surface area contributed by atoms with Crippen LogP contribution in [0, 0.1) is 0 Å². The lowest BCUT2D eigenvalue weighted by molar-refractivity contribution is -0.128. The minimum atomic E-state index is -0.800. The Morgan fingerprint density at radius 3 is 2.52 bits per heavy atom. The molecular formula is C15H18N2O4. The van der Waals surface area contributed by atoms with Gasteiger partial charge >= 0.3 is 0 Å². The van der Waals surface area contributed by atoms with Gasteiger partial charge < -0.3 is 20.5 Å². The Bertz CT molecular complexity index is 554. The zero-order chi connectivity index (χ0) is 15.2. The zero-order valence-corrected chi connectivity index (χ0v) is 11.8. The number of nitrogens with one attached hydrogen (secondary N) is 1. The number of carbonyl (C=O) groups excluding carboxylic acids is 2. The molecular weight excluding hydrogens is 272 g/mol. The third-order valence-electron chi connectivity index (χ3n) is 3.11. The molecule has 0 aromatic heterocycles. The van der Waals surface area contributed by atoms with E-state index in [9.17, 15) is 9.59 Å². The SMILES string of the molecule is CC1=C(C(=O)N[C@@H](Cc2ccccc2)C(N)=O)OCCO1. The smallest absolute Gasteiger partial charge is 0.290 e. The first kappa shape index (κ1) is 14.9. The van der Waals surface area contributed by atoms with Gasteiger partial charge in [-0.25, -0.2) is 0 Å². The van der Waals surface area contributed by atoms with Crippen molar-refractivity contribution >= 4 is 11.8 Å². The molecule has 1 aromatic carbocycles. The summed E-state index contributed by atoms with van der Waals surface area (Å²) < 4.78 is 10.5. The summed E-state index contributed by atoms with van der Waals surface area (Å²) >= 11 is 0. The molecule has 0 saturated heterocycles. The summed E-state index contributed by atoms with van der Waals surface area (Å²) in [5.74, 6) is -0.587. The van der Waals surface area contributed by atoms with Gasteiger partial charge in [0.05, 0.1) is 0 Å². The third kappa shape index (κ3) is 3.98. The number of benzene rings is 1. The number of nitrogens with two attached hydrogens (primary N) is 1. The standard InChI is InChI=1S/C15H18N2O4/c1-10-13(21-8-7-20-10)15(19)17-12(14(16)18)9-11-5-3-2-4-6-11/h2-6,12H,7-9H2,1H3,(H2,16,18)(H,17,19)/t12-/m0/s1. The van der Waals surface area contributed by atoms with Crippen LogP contribution in [0.4, 0.5) is 0 Å². The van der Waals surface area contributed by atoms with Crippen molar-refractivity contribution in [3.8, 4) is 0 Å². The van der Waals surface area contributed by atoms with E-state index in [-0.39, 0.29) is 5.76 Å². The van der Waals surface area contributed by atoms with E-state index in [1.54, 1.807) is 6.92 Å². The summed E-state index contributed by atoms with van der Waals surface area (Å²) in [5.41, 5.74) is 6.27. The first-order valence-electron chi connectivity index (χ1n) is 6.68. The molecule has 2 amide bonds. The van der Waals surface area contributed by atoms with E-state index in [1.807, 2.05) is 30.3 Å². The van der Waals surface area contributed by atoms with Crippen molar-refractivity contribution in [2.45, 2.75) is 19.4 Å². The highest BCUT2D eigenvalue weighted by Crippen LogP contribution is 2.13. The summed E-state index contributed by atoms with van der Waals surface area (Å²) in [7, 11) is 0. The van der Waals surface area contributed by atoms with Gasteiger partial charge in [-0.1, -0.05) is 30.3 Å². The summed E-state index contributed by atoms with van der Waals surface area (Å²) in [6, 6.07) is 8.54. The number of amides is 2. The van der Waals surface area contributed by atoms with E-state index in [2.05, 4.69) is 5.32 Å². The van der Waals surface area contributed by atoms with Gasteiger partial charge in [-0.05, 0) is 12.5 Å². The van der Waals surface area contributed by atoms with Gasteiger partial charge in [-0.3, -0.25) is 9.59 Å². The maximum Gasteiger partial charge on any atom is 0.290 e. The largest absolute Gasteiger partial charge is 0.491 e. The number of hydrogen-bond donors (Lipinski definition) is 2. The number of carbonyl (C=O) groups is 2. The molecule has 6 heteroatoms. The second-order valence-electron chi connectivity index (χ2n) is 4.70. The normalized spacial score (nSPS) is 15.7.